The molecule has 110 valence electrons. The van der Waals surface area contributed by atoms with E-state index < -0.39 is 27.7 Å². The lowest BCUT2D eigenvalue weighted by Gasteiger charge is -2.28. The van der Waals surface area contributed by atoms with E-state index in [1.54, 1.807) is 6.92 Å². The SMILES string of the molecule is CCN(C(=O)C(=O)N(C)CCO)C1CCS(=O)(=O)C1. The molecule has 1 N–H and O–H groups in total. The van der Waals surface area contributed by atoms with Gasteiger partial charge in [-0.1, -0.05) is 0 Å². The van der Waals surface area contributed by atoms with Gasteiger partial charge in [-0.3, -0.25) is 9.59 Å². The second kappa shape index (κ2) is 6.33. The van der Waals surface area contributed by atoms with Crippen LogP contribution >= 0.6 is 0 Å². The Kier molecular flexibility index (Phi) is 5.30. The number of aliphatic hydroxyl groups is 1. The number of nitrogens with zero attached hydrogens (tertiary/aromatic N) is 2. The second-order valence-electron chi connectivity index (χ2n) is 4.60. The molecular formula is C11H20N2O5S. The maximum Gasteiger partial charge on any atom is 0.312 e. The van der Waals surface area contributed by atoms with Crippen molar-refractivity contribution >= 4 is 21.7 Å². The lowest BCUT2D eigenvalue weighted by Crippen LogP contribution is -2.49. The van der Waals surface area contributed by atoms with Crippen LogP contribution in [0.5, 0.6) is 0 Å². The molecule has 1 aliphatic heterocycles. The average Bonchev–Trinajstić information content (AvgIpc) is 2.69. The van der Waals surface area contributed by atoms with Crippen molar-refractivity contribution in [2.45, 2.75) is 19.4 Å². The Balaban J connectivity index is 2.75. The first-order valence-corrected chi connectivity index (χ1v) is 8.02. The summed E-state index contributed by atoms with van der Waals surface area (Å²) in [7, 11) is -1.67. The predicted molar refractivity (Wildman–Crippen MR) is 69.2 cm³/mol. The van der Waals surface area contributed by atoms with Crippen molar-refractivity contribution in [1.29, 1.82) is 0 Å². The van der Waals surface area contributed by atoms with Gasteiger partial charge in [-0.25, -0.2) is 8.42 Å². The van der Waals surface area contributed by atoms with Gasteiger partial charge in [-0.2, -0.15) is 0 Å². The number of amides is 2. The summed E-state index contributed by atoms with van der Waals surface area (Å²) in [6.07, 6.45) is 0.374. The molecule has 0 bridgehead atoms. The molecule has 8 heteroatoms. The highest BCUT2D eigenvalue weighted by Gasteiger charge is 2.36. The van der Waals surface area contributed by atoms with Gasteiger partial charge in [0.25, 0.3) is 0 Å². The van der Waals surface area contributed by atoms with Gasteiger partial charge in [0, 0.05) is 26.2 Å². The zero-order valence-corrected chi connectivity index (χ0v) is 12.0. The van der Waals surface area contributed by atoms with E-state index in [0.29, 0.717) is 6.42 Å². The molecule has 0 aromatic rings. The van der Waals surface area contributed by atoms with Crippen LogP contribution in [-0.2, 0) is 19.4 Å². The van der Waals surface area contributed by atoms with Gasteiger partial charge in [0.05, 0.1) is 18.1 Å². The number of likely N-dealkylation sites (N-methyl/N-ethyl adjacent to an activating group) is 2. The zero-order chi connectivity index (χ0) is 14.6. The van der Waals surface area contributed by atoms with Crippen LogP contribution in [0.15, 0.2) is 0 Å². The third-order valence-corrected chi connectivity index (χ3v) is 4.97. The standard InChI is InChI=1S/C11H20N2O5S/c1-3-13(9-4-7-19(17,18)8-9)11(16)10(15)12(2)5-6-14/h9,14H,3-8H2,1-2H3. The minimum absolute atomic E-state index is 0.0577. The van der Waals surface area contributed by atoms with Crippen molar-refractivity contribution < 1.29 is 23.1 Å². The van der Waals surface area contributed by atoms with Crippen molar-refractivity contribution in [3.63, 3.8) is 0 Å². The number of hydrogen-bond acceptors (Lipinski definition) is 5. The summed E-state index contributed by atoms with van der Waals surface area (Å²) in [6, 6.07) is -0.422. The third kappa shape index (κ3) is 3.90. The molecule has 1 aliphatic rings. The highest BCUT2D eigenvalue weighted by atomic mass is 32.2. The summed E-state index contributed by atoms with van der Waals surface area (Å²) >= 11 is 0. The lowest BCUT2D eigenvalue weighted by molar-refractivity contribution is -0.152. The van der Waals surface area contributed by atoms with Gasteiger partial charge in [0.15, 0.2) is 9.84 Å². The van der Waals surface area contributed by atoms with E-state index in [0.717, 1.165) is 4.90 Å². The molecule has 0 radical (unpaired) electrons. The van der Waals surface area contributed by atoms with Crippen molar-refractivity contribution in [2.24, 2.45) is 0 Å². The monoisotopic (exact) mass is 292 g/mol. The number of hydrogen-bond donors (Lipinski definition) is 1. The van der Waals surface area contributed by atoms with E-state index in [9.17, 15) is 18.0 Å². The molecule has 1 saturated heterocycles. The second-order valence-corrected chi connectivity index (χ2v) is 6.83. The smallest absolute Gasteiger partial charge is 0.312 e. The molecule has 0 saturated carbocycles. The first-order chi connectivity index (χ1) is 8.82. The molecule has 0 spiro atoms. The topological polar surface area (TPSA) is 95.0 Å². The van der Waals surface area contributed by atoms with Crippen LogP contribution in [0.2, 0.25) is 0 Å². The molecule has 0 aliphatic carbocycles. The van der Waals surface area contributed by atoms with Crippen LogP contribution in [0.25, 0.3) is 0 Å². The molecule has 1 unspecified atom stereocenters. The maximum absolute atomic E-state index is 12.0. The number of rotatable bonds is 4. The van der Waals surface area contributed by atoms with Gasteiger partial charge in [0.1, 0.15) is 0 Å². The van der Waals surface area contributed by atoms with Gasteiger partial charge in [-0.05, 0) is 13.3 Å². The Labute approximate surface area is 113 Å². The number of carbonyl (C=O) groups is 2. The molecule has 1 rings (SSSR count). The van der Waals surface area contributed by atoms with Crippen molar-refractivity contribution in [1.82, 2.24) is 9.80 Å². The summed E-state index contributed by atoms with van der Waals surface area (Å²) in [5, 5.41) is 8.75. The number of sulfone groups is 1. The number of aliphatic hydroxyl groups excluding tert-OH is 1. The van der Waals surface area contributed by atoms with Crippen molar-refractivity contribution in [3.8, 4) is 0 Å². The van der Waals surface area contributed by atoms with Gasteiger partial charge in [0.2, 0.25) is 0 Å². The Bertz CT molecular complexity index is 448. The van der Waals surface area contributed by atoms with Crippen LogP contribution < -0.4 is 0 Å². The summed E-state index contributed by atoms with van der Waals surface area (Å²) < 4.78 is 22.8. The summed E-state index contributed by atoms with van der Waals surface area (Å²) in [5.74, 6) is -1.45. The first kappa shape index (κ1) is 15.9. The Hall–Kier alpha value is -1.15. The molecule has 1 heterocycles. The van der Waals surface area contributed by atoms with Gasteiger partial charge >= 0.3 is 11.8 Å². The molecule has 0 aromatic heterocycles. The van der Waals surface area contributed by atoms with E-state index in [2.05, 4.69) is 0 Å². The first-order valence-electron chi connectivity index (χ1n) is 6.19. The molecule has 19 heavy (non-hydrogen) atoms. The Morgan fingerprint density at radius 2 is 1.95 bits per heavy atom. The molecular weight excluding hydrogens is 272 g/mol. The summed E-state index contributed by atoms with van der Waals surface area (Å²) in [4.78, 5) is 26.3. The van der Waals surface area contributed by atoms with Crippen LogP contribution in [0, 0.1) is 0 Å². The van der Waals surface area contributed by atoms with Crippen LogP contribution in [0.1, 0.15) is 13.3 Å². The fraction of sp³-hybridized carbons (Fsp3) is 0.818. The summed E-state index contributed by atoms with van der Waals surface area (Å²) in [6.45, 7) is 1.85. The van der Waals surface area contributed by atoms with Crippen LogP contribution in [-0.4, -0.2) is 79.4 Å². The Morgan fingerprint density at radius 1 is 1.32 bits per heavy atom. The lowest BCUT2D eigenvalue weighted by atomic mass is 10.2. The van der Waals surface area contributed by atoms with Crippen LogP contribution in [0.3, 0.4) is 0 Å². The van der Waals surface area contributed by atoms with Crippen molar-refractivity contribution in [3.05, 3.63) is 0 Å². The quantitative estimate of drug-likeness (QED) is 0.635. The molecule has 1 fully saturated rings. The largest absolute Gasteiger partial charge is 0.395 e. The highest BCUT2D eigenvalue weighted by Crippen LogP contribution is 2.18. The summed E-state index contributed by atoms with van der Waals surface area (Å²) in [5.41, 5.74) is 0. The average molecular weight is 292 g/mol. The molecule has 0 aromatic carbocycles. The minimum atomic E-state index is -3.10. The molecule has 1 atom stereocenters. The van der Waals surface area contributed by atoms with E-state index in [4.69, 9.17) is 5.11 Å². The molecule has 2 amide bonds. The minimum Gasteiger partial charge on any atom is -0.395 e. The van der Waals surface area contributed by atoms with E-state index in [-0.39, 0.29) is 31.2 Å². The predicted octanol–water partition coefficient (Wildman–Crippen LogP) is -1.53. The normalized spacial score (nSPS) is 21.1. The zero-order valence-electron chi connectivity index (χ0n) is 11.2. The maximum atomic E-state index is 12.0. The van der Waals surface area contributed by atoms with Gasteiger partial charge < -0.3 is 14.9 Å². The highest BCUT2D eigenvalue weighted by molar-refractivity contribution is 7.91. The van der Waals surface area contributed by atoms with Crippen LogP contribution in [0.4, 0.5) is 0 Å². The number of carbonyl (C=O) groups excluding carboxylic acids is 2. The third-order valence-electron chi connectivity index (χ3n) is 3.22. The fourth-order valence-electron chi connectivity index (χ4n) is 2.13. The molecule has 7 nitrogen and oxygen atoms in total. The fourth-order valence-corrected chi connectivity index (χ4v) is 3.86. The van der Waals surface area contributed by atoms with E-state index in [1.807, 2.05) is 0 Å². The van der Waals surface area contributed by atoms with E-state index in [1.165, 1.54) is 11.9 Å². The Morgan fingerprint density at radius 3 is 2.37 bits per heavy atom. The van der Waals surface area contributed by atoms with E-state index >= 15 is 0 Å². The van der Waals surface area contributed by atoms with Crippen molar-refractivity contribution in [2.75, 3.05) is 38.2 Å². The van der Waals surface area contributed by atoms with Gasteiger partial charge in [-0.15, -0.1) is 0 Å².